The molecule has 0 spiro atoms. The van der Waals surface area contributed by atoms with E-state index in [1.54, 1.807) is 0 Å². The largest absolute Gasteiger partial charge is 0.370 e. The summed E-state index contributed by atoms with van der Waals surface area (Å²) in [5.74, 6) is 3.49. The summed E-state index contributed by atoms with van der Waals surface area (Å²) >= 11 is 1.83. The molecular weight excluding hydrogens is 280 g/mol. The molecule has 2 N–H and O–H groups in total. The summed E-state index contributed by atoms with van der Waals surface area (Å²) in [5, 5.41) is 6.84. The van der Waals surface area contributed by atoms with Gasteiger partial charge in [0, 0.05) is 27.8 Å². The summed E-state index contributed by atoms with van der Waals surface area (Å²) in [6.45, 7) is 8.02. The van der Waals surface area contributed by atoms with E-state index in [1.165, 1.54) is 22.6 Å². The van der Waals surface area contributed by atoms with E-state index in [-0.39, 0.29) is 0 Å². The monoisotopic (exact) mass is 302 g/mol. The first-order chi connectivity index (χ1) is 10.2. The molecule has 0 aliphatic heterocycles. The van der Waals surface area contributed by atoms with Gasteiger partial charge in [-0.1, -0.05) is 0 Å². The Kier molecular flexibility index (Phi) is 4.10. The van der Waals surface area contributed by atoms with Gasteiger partial charge in [0.1, 0.15) is 17.5 Å². The van der Waals surface area contributed by atoms with Crippen LogP contribution >= 0.6 is 11.3 Å². The van der Waals surface area contributed by atoms with E-state index >= 15 is 0 Å². The van der Waals surface area contributed by atoms with Gasteiger partial charge in [-0.2, -0.15) is 0 Å². The molecule has 1 fully saturated rings. The fourth-order valence-corrected chi connectivity index (χ4v) is 3.15. The Bertz CT molecular complexity index is 631. The zero-order chi connectivity index (χ0) is 14.8. The Hall–Kier alpha value is -1.62. The van der Waals surface area contributed by atoms with Crippen LogP contribution in [0.4, 0.5) is 11.6 Å². The molecule has 4 nitrogen and oxygen atoms in total. The third-order valence-electron chi connectivity index (χ3n) is 3.68. The summed E-state index contributed by atoms with van der Waals surface area (Å²) in [7, 11) is 0. The van der Waals surface area contributed by atoms with E-state index in [2.05, 4.69) is 48.5 Å². The van der Waals surface area contributed by atoms with Crippen LogP contribution < -0.4 is 10.6 Å². The van der Waals surface area contributed by atoms with Crippen molar-refractivity contribution in [3.8, 4) is 0 Å². The average Bonchev–Trinajstić information content (AvgIpc) is 3.23. The van der Waals surface area contributed by atoms with Gasteiger partial charge in [0.25, 0.3) is 0 Å². The Morgan fingerprint density at radius 1 is 1.14 bits per heavy atom. The number of nitrogens with zero attached hydrogens (tertiary/aromatic N) is 2. The summed E-state index contributed by atoms with van der Waals surface area (Å²) in [6.07, 6.45) is 2.44. The number of rotatable bonds is 6. The highest BCUT2D eigenvalue weighted by atomic mass is 32.1. The molecule has 1 aliphatic carbocycles. The van der Waals surface area contributed by atoms with Gasteiger partial charge in [0.2, 0.25) is 0 Å². The van der Waals surface area contributed by atoms with Crippen LogP contribution in [0.5, 0.6) is 0 Å². The molecule has 21 heavy (non-hydrogen) atoms. The lowest BCUT2D eigenvalue weighted by Crippen LogP contribution is -2.10. The van der Waals surface area contributed by atoms with E-state index in [9.17, 15) is 0 Å². The second kappa shape index (κ2) is 6.02. The maximum atomic E-state index is 4.74. The molecule has 0 radical (unpaired) electrons. The minimum Gasteiger partial charge on any atom is -0.370 e. The van der Waals surface area contributed by atoms with Crippen LogP contribution in [0.3, 0.4) is 0 Å². The van der Waals surface area contributed by atoms with Gasteiger partial charge in [-0.25, -0.2) is 9.97 Å². The van der Waals surface area contributed by atoms with E-state index in [4.69, 9.17) is 4.98 Å². The third kappa shape index (κ3) is 3.35. The maximum absolute atomic E-state index is 4.74. The molecule has 2 heterocycles. The third-order valence-corrected chi connectivity index (χ3v) is 4.68. The van der Waals surface area contributed by atoms with Crippen LogP contribution in [0.2, 0.25) is 0 Å². The molecule has 3 rings (SSSR count). The lowest BCUT2D eigenvalue weighted by Gasteiger charge is -2.14. The molecule has 2 aromatic rings. The maximum Gasteiger partial charge on any atom is 0.136 e. The molecule has 1 aliphatic rings. The number of hydrogen-bond acceptors (Lipinski definition) is 5. The van der Waals surface area contributed by atoms with Gasteiger partial charge in [-0.15, -0.1) is 11.3 Å². The first-order valence-corrected chi connectivity index (χ1v) is 8.40. The van der Waals surface area contributed by atoms with Crippen molar-refractivity contribution in [2.75, 3.05) is 17.2 Å². The second-order valence-electron chi connectivity index (χ2n) is 5.57. The number of aromatic nitrogens is 2. The lowest BCUT2D eigenvalue weighted by molar-refractivity contribution is 0.910. The zero-order valence-corrected chi connectivity index (χ0v) is 13.7. The Morgan fingerprint density at radius 3 is 2.43 bits per heavy atom. The van der Waals surface area contributed by atoms with Crippen LogP contribution in [0.1, 0.15) is 46.8 Å². The summed E-state index contributed by atoms with van der Waals surface area (Å²) in [4.78, 5) is 12.1. The minimum atomic E-state index is 0.563. The van der Waals surface area contributed by atoms with E-state index in [1.807, 2.05) is 11.3 Å². The van der Waals surface area contributed by atoms with Gasteiger partial charge >= 0.3 is 0 Å². The van der Waals surface area contributed by atoms with E-state index in [0.29, 0.717) is 5.92 Å². The Balaban J connectivity index is 1.81. The minimum absolute atomic E-state index is 0.563. The predicted octanol–water partition coefficient (Wildman–Crippen LogP) is 4.08. The van der Waals surface area contributed by atoms with Gasteiger partial charge in [-0.05, 0) is 45.7 Å². The van der Waals surface area contributed by atoms with Gasteiger partial charge in [0.05, 0.1) is 6.54 Å². The average molecular weight is 302 g/mol. The van der Waals surface area contributed by atoms with E-state index < -0.39 is 0 Å². The molecule has 0 unspecified atom stereocenters. The highest BCUT2D eigenvalue weighted by Crippen LogP contribution is 2.39. The second-order valence-corrected chi connectivity index (χ2v) is 6.95. The Labute approximate surface area is 130 Å². The topological polar surface area (TPSA) is 49.8 Å². The molecule has 0 saturated heterocycles. The first kappa shape index (κ1) is 14.3. The van der Waals surface area contributed by atoms with Gasteiger partial charge in [-0.3, -0.25) is 0 Å². The van der Waals surface area contributed by atoms with Crippen molar-refractivity contribution in [3.05, 3.63) is 33.3 Å². The summed E-state index contributed by atoms with van der Waals surface area (Å²) in [5.41, 5.74) is 1.11. The van der Waals surface area contributed by atoms with Crippen molar-refractivity contribution >= 4 is 23.0 Å². The van der Waals surface area contributed by atoms with Crippen LogP contribution in [-0.2, 0) is 6.54 Å². The smallest absolute Gasteiger partial charge is 0.136 e. The molecule has 1 saturated carbocycles. The summed E-state index contributed by atoms with van der Waals surface area (Å²) < 4.78 is 0. The fraction of sp³-hybridized carbons (Fsp3) is 0.500. The number of nitrogens with one attached hydrogen (secondary N) is 2. The molecule has 0 aromatic carbocycles. The molecule has 5 heteroatoms. The fourth-order valence-electron chi connectivity index (χ4n) is 2.32. The van der Waals surface area contributed by atoms with Crippen molar-refractivity contribution in [2.45, 2.75) is 46.1 Å². The Morgan fingerprint density at radius 2 is 1.86 bits per heavy atom. The molecule has 2 aromatic heterocycles. The van der Waals surface area contributed by atoms with Crippen molar-refractivity contribution in [3.63, 3.8) is 0 Å². The number of thiophene rings is 1. The predicted molar refractivity (Wildman–Crippen MR) is 89.3 cm³/mol. The quantitative estimate of drug-likeness (QED) is 0.844. The highest BCUT2D eigenvalue weighted by Gasteiger charge is 2.28. The zero-order valence-electron chi connectivity index (χ0n) is 12.9. The van der Waals surface area contributed by atoms with Crippen LogP contribution in [-0.4, -0.2) is 16.5 Å². The van der Waals surface area contributed by atoms with Crippen molar-refractivity contribution in [1.82, 2.24) is 9.97 Å². The SMILES string of the molecule is CCNc1nc(C2CC2)nc(NCc2ccc(C)s2)c1C. The van der Waals surface area contributed by atoms with Crippen molar-refractivity contribution in [2.24, 2.45) is 0 Å². The molecule has 112 valence electrons. The van der Waals surface area contributed by atoms with Crippen LogP contribution in [0.15, 0.2) is 12.1 Å². The van der Waals surface area contributed by atoms with Crippen molar-refractivity contribution in [1.29, 1.82) is 0 Å². The normalized spacial score (nSPS) is 14.2. The van der Waals surface area contributed by atoms with Gasteiger partial charge in [0.15, 0.2) is 0 Å². The standard InChI is InChI=1S/C16H22N4S/c1-4-17-14-11(3)15(20-16(19-14)12-6-7-12)18-9-13-8-5-10(2)21-13/h5,8,12H,4,6-7,9H2,1-3H3,(H2,17,18,19,20). The molecule has 0 bridgehead atoms. The lowest BCUT2D eigenvalue weighted by atomic mass is 10.2. The number of anilines is 2. The number of aryl methyl sites for hydroxylation is 1. The summed E-state index contributed by atoms with van der Waals surface area (Å²) in [6, 6.07) is 4.34. The van der Waals surface area contributed by atoms with Crippen LogP contribution in [0.25, 0.3) is 0 Å². The number of hydrogen-bond donors (Lipinski definition) is 2. The van der Waals surface area contributed by atoms with Crippen molar-refractivity contribution < 1.29 is 0 Å². The van der Waals surface area contributed by atoms with E-state index in [0.717, 1.165) is 36.1 Å². The molecule has 0 atom stereocenters. The molecule has 0 amide bonds. The van der Waals surface area contributed by atoms with Gasteiger partial charge < -0.3 is 10.6 Å². The molecular formula is C16H22N4S. The van der Waals surface area contributed by atoms with Crippen LogP contribution in [0, 0.1) is 13.8 Å². The first-order valence-electron chi connectivity index (χ1n) is 7.59. The highest BCUT2D eigenvalue weighted by molar-refractivity contribution is 7.11.